The van der Waals surface area contributed by atoms with E-state index in [0.717, 1.165) is 23.1 Å². The number of nitrogens with one attached hydrogen (secondary N) is 1. The zero-order valence-corrected chi connectivity index (χ0v) is 12.1. The second kappa shape index (κ2) is 4.88. The van der Waals surface area contributed by atoms with Crippen LogP contribution < -0.4 is 5.32 Å². The van der Waals surface area contributed by atoms with Crippen LogP contribution in [0, 0.1) is 23.7 Å². The number of thiazole rings is 1. The highest BCUT2D eigenvalue weighted by atomic mass is 32.1. The molecular weight excluding hydrogens is 270 g/mol. The predicted molar refractivity (Wildman–Crippen MR) is 79.5 cm³/mol. The largest absolute Gasteiger partial charge is 0.301 e. The molecule has 1 aliphatic carbocycles. The van der Waals surface area contributed by atoms with Crippen molar-refractivity contribution in [2.75, 3.05) is 5.32 Å². The van der Waals surface area contributed by atoms with Gasteiger partial charge in [0, 0.05) is 0 Å². The van der Waals surface area contributed by atoms with Gasteiger partial charge < -0.3 is 5.32 Å². The zero-order chi connectivity index (χ0) is 14.2. The van der Waals surface area contributed by atoms with Crippen molar-refractivity contribution in [3.8, 4) is 6.07 Å². The fourth-order valence-corrected chi connectivity index (χ4v) is 3.63. The average molecular weight is 285 g/mol. The fourth-order valence-electron chi connectivity index (χ4n) is 2.67. The fraction of sp³-hybridized carbons (Fsp3) is 0.400. The molecule has 1 N–H and O–H groups in total. The Morgan fingerprint density at radius 3 is 2.90 bits per heavy atom. The molecule has 5 heteroatoms. The molecule has 0 atom stereocenters. The van der Waals surface area contributed by atoms with E-state index in [9.17, 15) is 10.1 Å². The normalized spacial score (nSPS) is 17.0. The number of carbonyl (C=O) groups excluding carboxylic acids is 1. The van der Waals surface area contributed by atoms with Gasteiger partial charge in [0.05, 0.1) is 16.3 Å². The summed E-state index contributed by atoms with van der Waals surface area (Å²) in [5.41, 5.74) is 1.20. The molecule has 2 aromatic rings. The van der Waals surface area contributed by atoms with Crippen LogP contribution in [0.25, 0.3) is 10.2 Å². The van der Waals surface area contributed by atoms with Gasteiger partial charge in [-0.15, -0.1) is 0 Å². The van der Waals surface area contributed by atoms with Gasteiger partial charge in [0.2, 0.25) is 5.91 Å². The van der Waals surface area contributed by atoms with Crippen molar-refractivity contribution in [2.45, 2.75) is 32.6 Å². The number of anilines is 1. The van der Waals surface area contributed by atoms with E-state index in [0.29, 0.717) is 18.0 Å². The first-order chi connectivity index (χ1) is 9.63. The Hall–Kier alpha value is -1.93. The summed E-state index contributed by atoms with van der Waals surface area (Å²) in [6.07, 6.45) is 3.19. The minimum absolute atomic E-state index is 0.201. The van der Waals surface area contributed by atoms with Crippen molar-refractivity contribution < 1.29 is 4.79 Å². The van der Waals surface area contributed by atoms with Crippen LogP contribution in [0.4, 0.5) is 5.13 Å². The number of hydrogen-bond donors (Lipinski definition) is 1. The number of carbonyl (C=O) groups is 1. The number of rotatable bonds is 2. The molecule has 0 radical (unpaired) electrons. The number of nitriles is 1. The lowest BCUT2D eigenvalue weighted by atomic mass is 9.87. The minimum Gasteiger partial charge on any atom is -0.301 e. The number of aryl methyl sites for hydroxylation is 1. The Morgan fingerprint density at radius 2 is 2.20 bits per heavy atom. The molecule has 4 nitrogen and oxygen atoms in total. The zero-order valence-electron chi connectivity index (χ0n) is 11.3. The second-order valence-electron chi connectivity index (χ2n) is 5.35. The minimum atomic E-state index is -0.853. The Bertz CT molecular complexity index is 707. The van der Waals surface area contributed by atoms with Gasteiger partial charge in [0.1, 0.15) is 5.41 Å². The highest BCUT2D eigenvalue weighted by Crippen LogP contribution is 2.39. The molecule has 0 saturated heterocycles. The van der Waals surface area contributed by atoms with Gasteiger partial charge in [-0.2, -0.15) is 5.26 Å². The van der Waals surface area contributed by atoms with Crippen LogP contribution in [0.5, 0.6) is 0 Å². The van der Waals surface area contributed by atoms with Crippen LogP contribution in [-0.4, -0.2) is 10.9 Å². The molecule has 1 fully saturated rings. The lowest BCUT2D eigenvalue weighted by molar-refractivity contribution is -0.122. The maximum Gasteiger partial charge on any atom is 0.246 e. The number of nitrogens with zero attached hydrogens (tertiary/aromatic N) is 2. The third-order valence-corrected chi connectivity index (χ3v) is 4.80. The summed E-state index contributed by atoms with van der Waals surface area (Å²) in [5.74, 6) is -0.201. The molecule has 1 aliphatic rings. The Kier molecular flexibility index (Phi) is 3.19. The van der Waals surface area contributed by atoms with Gasteiger partial charge in [-0.05, 0) is 37.5 Å². The Balaban J connectivity index is 1.86. The molecular formula is C15H15N3OS. The van der Waals surface area contributed by atoms with Crippen molar-refractivity contribution in [2.24, 2.45) is 5.41 Å². The third kappa shape index (κ3) is 2.16. The SMILES string of the molecule is Cc1ccc2nc(NC(=O)C3(C#N)CCCC3)sc2c1. The van der Waals surface area contributed by atoms with E-state index >= 15 is 0 Å². The third-order valence-electron chi connectivity index (χ3n) is 3.87. The summed E-state index contributed by atoms with van der Waals surface area (Å²) in [7, 11) is 0. The van der Waals surface area contributed by atoms with Gasteiger partial charge in [0.25, 0.3) is 0 Å². The summed E-state index contributed by atoms with van der Waals surface area (Å²) >= 11 is 1.46. The van der Waals surface area contributed by atoms with Crippen molar-refractivity contribution >= 4 is 32.6 Å². The predicted octanol–water partition coefficient (Wildman–Crippen LogP) is 3.63. The highest BCUT2D eigenvalue weighted by molar-refractivity contribution is 7.22. The van der Waals surface area contributed by atoms with Gasteiger partial charge in [-0.1, -0.05) is 30.2 Å². The molecule has 0 spiro atoms. The smallest absolute Gasteiger partial charge is 0.246 e. The van der Waals surface area contributed by atoms with Gasteiger partial charge in [-0.25, -0.2) is 4.98 Å². The average Bonchev–Trinajstić information content (AvgIpc) is 3.04. The summed E-state index contributed by atoms with van der Waals surface area (Å²) < 4.78 is 1.05. The number of fused-ring (bicyclic) bond motifs is 1. The first kappa shape index (κ1) is 13.1. The first-order valence-electron chi connectivity index (χ1n) is 6.73. The molecule has 20 heavy (non-hydrogen) atoms. The Morgan fingerprint density at radius 1 is 1.45 bits per heavy atom. The molecule has 3 rings (SSSR count). The number of aromatic nitrogens is 1. The van der Waals surface area contributed by atoms with E-state index in [2.05, 4.69) is 22.4 Å². The van der Waals surface area contributed by atoms with Crippen LogP contribution in [-0.2, 0) is 4.79 Å². The van der Waals surface area contributed by atoms with E-state index in [-0.39, 0.29) is 5.91 Å². The van der Waals surface area contributed by atoms with Crippen molar-refractivity contribution in [3.05, 3.63) is 23.8 Å². The van der Waals surface area contributed by atoms with Crippen LogP contribution in [0.15, 0.2) is 18.2 Å². The number of hydrogen-bond acceptors (Lipinski definition) is 4. The molecule has 1 aromatic heterocycles. The van der Waals surface area contributed by atoms with Crippen molar-refractivity contribution in [1.82, 2.24) is 4.98 Å². The maximum atomic E-state index is 12.3. The number of benzene rings is 1. The van der Waals surface area contributed by atoms with E-state index < -0.39 is 5.41 Å². The van der Waals surface area contributed by atoms with Crippen LogP contribution in [0.2, 0.25) is 0 Å². The monoisotopic (exact) mass is 285 g/mol. The summed E-state index contributed by atoms with van der Waals surface area (Å²) in [5, 5.41) is 12.7. The van der Waals surface area contributed by atoms with Crippen molar-refractivity contribution in [3.63, 3.8) is 0 Å². The van der Waals surface area contributed by atoms with E-state index in [1.807, 2.05) is 19.1 Å². The maximum absolute atomic E-state index is 12.3. The van der Waals surface area contributed by atoms with Crippen LogP contribution >= 0.6 is 11.3 Å². The topological polar surface area (TPSA) is 65.8 Å². The van der Waals surface area contributed by atoms with E-state index in [4.69, 9.17) is 0 Å². The molecule has 1 aromatic carbocycles. The van der Waals surface area contributed by atoms with Crippen LogP contribution in [0.1, 0.15) is 31.2 Å². The molecule has 1 saturated carbocycles. The molecule has 0 aliphatic heterocycles. The summed E-state index contributed by atoms with van der Waals surface area (Å²) in [6.45, 7) is 2.03. The lowest BCUT2D eigenvalue weighted by Gasteiger charge is -2.17. The molecule has 0 unspecified atom stereocenters. The van der Waals surface area contributed by atoms with Gasteiger partial charge >= 0.3 is 0 Å². The second-order valence-corrected chi connectivity index (χ2v) is 6.38. The molecule has 102 valence electrons. The van der Waals surface area contributed by atoms with Crippen molar-refractivity contribution in [1.29, 1.82) is 5.26 Å². The molecule has 0 bridgehead atoms. The quantitative estimate of drug-likeness (QED) is 0.916. The van der Waals surface area contributed by atoms with Crippen LogP contribution in [0.3, 0.4) is 0 Å². The lowest BCUT2D eigenvalue weighted by Crippen LogP contribution is -2.32. The summed E-state index contributed by atoms with van der Waals surface area (Å²) in [4.78, 5) is 16.8. The van der Waals surface area contributed by atoms with Gasteiger partial charge in [0.15, 0.2) is 5.13 Å². The first-order valence-corrected chi connectivity index (χ1v) is 7.54. The van der Waals surface area contributed by atoms with Gasteiger partial charge in [-0.3, -0.25) is 4.79 Å². The van der Waals surface area contributed by atoms with E-state index in [1.54, 1.807) is 0 Å². The molecule has 1 heterocycles. The molecule has 1 amide bonds. The highest BCUT2D eigenvalue weighted by Gasteiger charge is 2.41. The number of amides is 1. The van der Waals surface area contributed by atoms with E-state index in [1.165, 1.54) is 16.9 Å². The summed E-state index contributed by atoms with van der Waals surface area (Å²) in [6, 6.07) is 8.21. The standard InChI is InChI=1S/C15H15N3OS/c1-10-4-5-11-12(8-10)20-14(17-11)18-13(19)15(9-16)6-2-3-7-15/h4-5,8H,2-3,6-7H2,1H3,(H,17,18,19). The Labute approximate surface area is 121 Å².